The molecule has 2 aromatic rings. The van der Waals surface area contributed by atoms with Crippen molar-refractivity contribution in [3.63, 3.8) is 0 Å². The summed E-state index contributed by atoms with van der Waals surface area (Å²) in [6.45, 7) is 2.75. The summed E-state index contributed by atoms with van der Waals surface area (Å²) in [5, 5.41) is 10.5. The van der Waals surface area contributed by atoms with Gasteiger partial charge in [0.15, 0.2) is 0 Å². The number of carbonyl (C=O) groups excluding carboxylic acids is 1. The maximum absolute atomic E-state index is 12.9. The number of aromatic nitrogens is 1. The van der Waals surface area contributed by atoms with E-state index in [4.69, 9.17) is 0 Å². The number of hydrogen-bond donors (Lipinski definition) is 1. The van der Waals surface area contributed by atoms with Crippen molar-refractivity contribution in [1.82, 2.24) is 9.88 Å². The molecule has 0 spiro atoms. The van der Waals surface area contributed by atoms with E-state index >= 15 is 0 Å². The predicted octanol–water partition coefficient (Wildman–Crippen LogP) is 2.57. The lowest BCUT2D eigenvalue weighted by atomic mass is 10.1. The highest BCUT2D eigenvalue weighted by Gasteiger charge is 2.54. The summed E-state index contributed by atoms with van der Waals surface area (Å²) in [4.78, 5) is 20.2. The van der Waals surface area contributed by atoms with Crippen molar-refractivity contribution in [3.05, 3.63) is 41.0 Å². The number of piperidine rings is 1. The molecule has 2 aliphatic rings. The van der Waals surface area contributed by atoms with E-state index in [1.165, 1.54) is 0 Å². The molecule has 1 aliphatic heterocycles. The first-order valence-electron chi connectivity index (χ1n) is 7.63. The van der Waals surface area contributed by atoms with Crippen LogP contribution in [0.15, 0.2) is 30.3 Å². The van der Waals surface area contributed by atoms with Crippen molar-refractivity contribution < 1.29 is 9.90 Å². The highest BCUT2D eigenvalue weighted by molar-refractivity contribution is 7.15. The Hall–Kier alpha value is -1.72. The second-order valence-electron chi connectivity index (χ2n) is 6.14. The minimum absolute atomic E-state index is 0.0249. The summed E-state index contributed by atoms with van der Waals surface area (Å²) in [7, 11) is 0. The predicted molar refractivity (Wildman–Crippen MR) is 85.8 cm³/mol. The van der Waals surface area contributed by atoms with Crippen molar-refractivity contribution in [2.45, 2.75) is 19.4 Å². The fourth-order valence-corrected chi connectivity index (χ4v) is 4.45. The van der Waals surface area contributed by atoms with Gasteiger partial charge in [0.2, 0.25) is 0 Å². The first kappa shape index (κ1) is 13.9. The van der Waals surface area contributed by atoms with E-state index in [9.17, 15) is 9.90 Å². The van der Waals surface area contributed by atoms with Crippen LogP contribution in [0.4, 0.5) is 0 Å². The molecule has 3 atom stereocenters. The second kappa shape index (κ2) is 5.18. The number of nitrogens with zero attached hydrogens (tertiary/aromatic N) is 2. The van der Waals surface area contributed by atoms with Crippen molar-refractivity contribution in [2.24, 2.45) is 11.8 Å². The van der Waals surface area contributed by atoms with Crippen molar-refractivity contribution >= 4 is 17.2 Å². The monoisotopic (exact) mass is 314 g/mol. The van der Waals surface area contributed by atoms with Crippen molar-refractivity contribution in [3.8, 4) is 10.4 Å². The van der Waals surface area contributed by atoms with Gasteiger partial charge in [-0.25, -0.2) is 4.98 Å². The van der Waals surface area contributed by atoms with E-state index in [1.54, 1.807) is 11.3 Å². The third-order valence-electron chi connectivity index (χ3n) is 4.72. The lowest BCUT2D eigenvalue weighted by Crippen LogP contribution is -2.41. The van der Waals surface area contributed by atoms with E-state index in [2.05, 4.69) is 4.98 Å². The fourth-order valence-electron chi connectivity index (χ4n) is 3.53. The highest BCUT2D eigenvalue weighted by atomic mass is 32.1. The molecule has 1 saturated carbocycles. The number of aryl methyl sites for hydroxylation is 1. The Morgan fingerprint density at radius 2 is 2.18 bits per heavy atom. The fraction of sp³-hybridized carbons (Fsp3) is 0.412. The highest BCUT2D eigenvalue weighted by Crippen LogP contribution is 2.50. The number of thiazole rings is 1. The number of carbonyl (C=O) groups is 1. The van der Waals surface area contributed by atoms with Crippen LogP contribution in [0.3, 0.4) is 0 Å². The third-order valence-corrected chi connectivity index (χ3v) is 5.74. The van der Waals surface area contributed by atoms with Gasteiger partial charge in [-0.3, -0.25) is 4.79 Å². The summed E-state index contributed by atoms with van der Waals surface area (Å²) in [6, 6.07) is 9.90. The second-order valence-corrected chi connectivity index (χ2v) is 7.35. The van der Waals surface area contributed by atoms with Crippen LogP contribution in [0, 0.1) is 18.8 Å². The lowest BCUT2D eigenvalue weighted by Gasteiger charge is -2.25. The molecular formula is C17H18N2O2S. The standard InChI is InChI=1S/C17H18N2O2S/c1-10-18-15(16(22-10)11-5-3-2-4-6-11)17(21)19-8-12-7-13(12)14(19)9-20/h2-6,12-14,20H,7-9H2,1H3. The third kappa shape index (κ3) is 2.16. The number of aliphatic hydroxyl groups is 1. The molecule has 0 radical (unpaired) electrons. The maximum atomic E-state index is 12.9. The molecule has 22 heavy (non-hydrogen) atoms. The number of benzene rings is 1. The summed E-state index contributed by atoms with van der Waals surface area (Å²) < 4.78 is 0. The Morgan fingerprint density at radius 3 is 2.91 bits per heavy atom. The number of hydrogen-bond acceptors (Lipinski definition) is 4. The maximum Gasteiger partial charge on any atom is 0.274 e. The zero-order valence-corrected chi connectivity index (χ0v) is 13.2. The Kier molecular flexibility index (Phi) is 3.27. The van der Waals surface area contributed by atoms with Gasteiger partial charge < -0.3 is 10.0 Å². The number of rotatable bonds is 3. The largest absolute Gasteiger partial charge is 0.394 e. The normalized spacial score (nSPS) is 26.1. The Morgan fingerprint density at radius 1 is 1.41 bits per heavy atom. The van der Waals surface area contributed by atoms with Gasteiger partial charge in [0.05, 0.1) is 22.5 Å². The topological polar surface area (TPSA) is 53.4 Å². The van der Waals surface area contributed by atoms with E-state index in [-0.39, 0.29) is 18.6 Å². The van der Waals surface area contributed by atoms with Crippen LogP contribution in [-0.2, 0) is 0 Å². The van der Waals surface area contributed by atoms with Gasteiger partial charge >= 0.3 is 0 Å². The molecule has 3 unspecified atom stereocenters. The summed E-state index contributed by atoms with van der Waals surface area (Å²) in [6.07, 6.45) is 1.15. The molecule has 1 aliphatic carbocycles. The average Bonchev–Trinajstić information content (AvgIpc) is 3.04. The number of amides is 1. The van der Waals surface area contributed by atoms with Crippen molar-refractivity contribution in [2.75, 3.05) is 13.2 Å². The van der Waals surface area contributed by atoms with Crippen LogP contribution in [-0.4, -0.2) is 40.1 Å². The molecule has 1 N–H and O–H groups in total. The van der Waals surface area contributed by atoms with Crippen LogP contribution in [0.5, 0.6) is 0 Å². The van der Waals surface area contributed by atoms with E-state index in [0.717, 1.165) is 28.4 Å². The molecule has 114 valence electrons. The van der Waals surface area contributed by atoms with Crippen LogP contribution in [0.25, 0.3) is 10.4 Å². The Bertz CT molecular complexity index is 713. The van der Waals surface area contributed by atoms with Crippen LogP contribution >= 0.6 is 11.3 Å². The van der Waals surface area contributed by atoms with Gasteiger partial charge in [-0.05, 0) is 30.7 Å². The van der Waals surface area contributed by atoms with Gasteiger partial charge in [-0.2, -0.15) is 0 Å². The lowest BCUT2D eigenvalue weighted by molar-refractivity contribution is 0.0629. The van der Waals surface area contributed by atoms with Crippen molar-refractivity contribution in [1.29, 1.82) is 0 Å². The van der Waals surface area contributed by atoms with Crippen LogP contribution < -0.4 is 0 Å². The molecular weight excluding hydrogens is 296 g/mol. The molecule has 2 fully saturated rings. The smallest absolute Gasteiger partial charge is 0.274 e. The van der Waals surface area contributed by atoms with E-state index < -0.39 is 0 Å². The van der Waals surface area contributed by atoms with Gasteiger partial charge in [0.1, 0.15) is 5.69 Å². The molecule has 5 heteroatoms. The average molecular weight is 314 g/mol. The summed E-state index contributed by atoms with van der Waals surface area (Å²) in [5.74, 6) is 1.05. The zero-order chi connectivity index (χ0) is 15.3. The molecule has 1 amide bonds. The number of likely N-dealkylation sites (tertiary alicyclic amines) is 1. The molecule has 1 aromatic heterocycles. The first-order chi connectivity index (χ1) is 10.7. The van der Waals surface area contributed by atoms with Crippen LogP contribution in [0.2, 0.25) is 0 Å². The van der Waals surface area contributed by atoms with Gasteiger partial charge in [-0.1, -0.05) is 30.3 Å². The summed E-state index contributed by atoms with van der Waals surface area (Å²) in [5.41, 5.74) is 1.56. The molecule has 1 aromatic carbocycles. The minimum atomic E-state index is -0.0329. The van der Waals surface area contributed by atoms with E-state index in [1.807, 2.05) is 42.2 Å². The number of fused-ring (bicyclic) bond motifs is 1. The van der Waals surface area contributed by atoms with Gasteiger partial charge in [0.25, 0.3) is 5.91 Å². The Labute approximate surface area is 133 Å². The summed E-state index contributed by atoms with van der Waals surface area (Å²) >= 11 is 1.55. The minimum Gasteiger partial charge on any atom is -0.394 e. The molecule has 4 rings (SSSR count). The van der Waals surface area contributed by atoms with E-state index in [0.29, 0.717) is 17.5 Å². The molecule has 4 nitrogen and oxygen atoms in total. The molecule has 0 bridgehead atoms. The zero-order valence-electron chi connectivity index (χ0n) is 12.4. The Balaban J connectivity index is 1.69. The SMILES string of the molecule is Cc1nc(C(=O)N2CC3CC3C2CO)c(-c2ccccc2)s1. The molecule has 1 saturated heterocycles. The quantitative estimate of drug-likeness (QED) is 0.947. The number of aliphatic hydroxyl groups excluding tert-OH is 1. The van der Waals surface area contributed by atoms with Gasteiger partial charge in [0, 0.05) is 6.54 Å². The van der Waals surface area contributed by atoms with Gasteiger partial charge in [-0.15, -0.1) is 11.3 Å². The van der Waals surface area contributed by atoms with Crippen LogP contribution in [0.1, 0.15) is 21.9 Å². The molecule has 2 heterocycles. The first-order valence-corrected chi connectivity index (χ1v) is 8.45.